The van der Waals surface area contributed by atoms with Crippen LogP contribution >= 0.6 is 0 Å². The number of hydrogen-bond donors (Lipinski definition) is 4. The van der Waals surface area contributed by atoms with Crippen molar-refractivity contribution in [3.05, 3.63) is 23.0 Å². The van der Waals surface area contributed by atoms with Crippen molar-refractivity contribution in [2.45, 2.75) is 25.0 Å². The second-order valence-electron chi connectivity index (χ2n) is 5.55. The minimum Gasteiger partial charge on any atom is -0.396 e. The highest BCUT2D eigenvalue weighted by Crippen LogP contribution is 2.37. The first-order chi connectivity index (χ1) is 10.2. The van der Waals surface area contributed by atoms with Gasteiger partial charge >= 0.3 is 0 Å². The lowest BCUT2D eigenvalue weighted by Crippen LogP contribution is -2.39. The molecule has 0 aromatic carbocycles. The van der Waals surface area contributed by atoms with Gasteiger partial charge in [-0.25, -0.2) is 9.97 Å². The minimum atomic E-state index is -0.677. The Morgan fingerprint density at radius 2 is 1.95 bits per heavy atom. The summed E-state index contributed by atoms with van der Waals surface area (Å²) in [6, 6.07) is -0.316. The fourth-order valence-corrected chi connectivity index (χ4v) is 3.17. The second kappa shape index (κ2) is 5.55. The summed E-state index contributed by atoms with van der Waals surface area (Å²) >= 11 is 0. The third kappa shape index (κ3) is 2.35. The van der Waals surface area contributed by atoms with Crippen molar-refractivity contribution in [3.8, 4) is 0 Å². The Morgan fingerprint density at radius 1 is 1.24 bits per heavy atom. The monoisotopic (exact) mass is 294 g/mol. The molecule has 0 bridgehead atoms. The van der Waals surface area contributed by atoms with Gasteiger partial charge in [0.15, 0.2) is 11.2 Å². The lowest BCUT2D eigenvalue weighted by molar-refractivity contribution is -0.0139. The van der Waals surface area contributed by atoms with Crippen molar-refractivity contribution in [1.82, 2.24) is 19.5 Å². The smallest absolute Gasteiger partial charge is 0.278 e. The number of fused-ring (bicyclic) bond motifs is 1. The summed E-state index contributed by atoms with van der Waals surface area (Å²) in [5.74, 6) is -0.213. The Kier molecular flexibility index (Phi) is 3.75. The van der Waals surface area contributed by atoms with Gasteiger partial charge in [-0.15, -0.1) is 0 Å². The third-order valence-electron chi connectivity index (χ3n) is 4.39. The van der Waals surface area contributed by atoms with E-state index in [-0.39, 0.29) is 42.2 Å². The first kappa shape index (κ1) is 14.2. The molecule has 0 radical (unpaired) electrons. The minimum absolute atomic E-state index is 0.0465. The average Bonchev–Trinajstić information content (AvgIpc) is 2.92. The molecule has 2 aromatic heterocycles. The molecule has 3 rings (SSSR count). The largest absolute Gasteiger partial charge is 0.396 e. The topological polar surface area (TPSA) is 124 Å². The predicted molar refractivity (Wildman–Crippen MR) is 73.6 cm³/mol. The van der Waals surface area contributed by atoms with Gasteiger partial charge in [-0.3, -0.25) is 4.79 Å². The van der Waals surface area contributed by atoms with Gasteiger partial charge in [0.2, 0.25) is 0 Å². The number of imidazole rings is 1. The van der Waals surface area contributed by atoms with E-state index in [0.717, 1.165) is 0 Å². The van der Waals surface area contributed by atoms with Gasteiger partial charge in [0, 0.05) is 13.2 Å². The second-order valence-corrected chi connectivity index (χ2v) is 5.55. The van der Waals surface area contributed by atoms with E-state index >= 15 is 0 Å². The predicted octanol–water partition coefficient (Wildman–Crippen LogP) is -0.968. The first-order valence-corrected chi connectivity index (χ1v) is 6.95. The van der Waals surface area contributed by atoms with Crippen LogP contribution in [0, 0.1) is 11.8 Å². The Hall–Kier alpha value is -1.77. The molecule has 4 unspecified atom stereocenters. The first-order valence-electron chi connectivity index (χ1n) is 6.95. The van der Waals surface area contributed by atoms with Gasteiger partial charge in [-0.1, -0.05) is 0 Å². The molecule has 1 aliphatic rings. The lowest BCUT2D eigenvalue weighted by atomic mass is 9.76. The summed E-state index contributed by atoms with van der Waals surface area (Å²) in [6.45, 7) is -0.104. The molecule has 2 heterocycles. The van der Waals surface area contributed by atoms with E-state index in [1.165, 1.54) is 12.7 Å². The summed E-state index contributed by atoms with van der Waals surface area (Å²) in [7, 11) is 0. The summed E-state index contributed by atoms with van der Waals surface area (Å²) in [6.07, 6.45) is 3.02. The number of aromatic nitrogens is 4. The number of aromatic amines is 1. The van der Waals surface area contributed by atoms with Crippen LogP contribution in [0.5, 0.6) is 0 Å². The lowest BCUT2D eigenvalue weighted by Gasteiger charge is -2.38. The molecular weight excluding hydrogens is 276 g/mol. The van der Waals surface area contributed by atoms with E-state index in [9.17, 15) is 20.1 Å². The van der Waals surface area contributed by atoms with E-state index in [1.807, 2.05) is 0 Å². The van der Waals surface area contributed by atoms with Crippen LogP contribution in [0.4, 0.5) is 0 Å². The van der Waals surface area contributed by atoms with Gasteiger partial charge in [0.05, 0.1) is 24.8 Å². The Bertz CT molecular complexity index is 682. The Labute approximate surface area is 120 Å². The Balaban J connectivity index is 1.98. The Morgan fingerprint density at radius 3 is 2.67 bits per heavy atom. The molecule has 114 valence electrons. The number of hydrogen-bond acceptors (Lipinski definition) is 6. The molecule has 8 nitrogen and oxygen atoms in total. The van der Waals surface area contributed by atoms with Gasteiger partial charge in [-0.2, -0.15) is 0 Å². The van der Waals surface area contributed by atoms with Crippen molar-refractivity contribution in [2.24, 2.45) is 11.8 Å². The van der Waals surface area contributed by atoms with Gasteiger partial charge in [0.1, 0.15) is 0 Å². The molecule has 0 aliphatic heterocycles. The van der Waals surface area contributed by atoms with Crippen LogP contribution in [0.25, 0.3) is 11.2 Å². The van der Waals surface area contributed by atoms with Crippen LogP contribution < -0.4 is 5.56 Å². The van der Waals surface area contributed by atoms with Crippen molar-refractivity contribution in [3.63, 3.8) is 0 Å². The van der Waals surface area contributed by atoms with E-state index in [0.29, 0.717) is 18.5 Å². The number of aliphatic hydroxyl groups excluding tert-OH is 3. The summed E-state index contributed by atoms with van der Waals surface area (Å²) in [5.41, 5.74) is 0.326. The number of rotatable bonds is 3. The molecule has 8 heteroatoms. The maximum Gasteiger partial charge on any atom is 0.278 e. The standard InChI is InChI=1S/C13H18N4O4/c18-3-7-1-9(10(20)2-8(7)4-19)17-6-16-11-12(17)14-5-15-13(11)21/h5-10,18-20H,1-4H2,(H,14,15,21). The van der Waals surface area contributed by atoms with Crippen molar-refractivity contribution >= 4 is 11.2 Å². The zero-order valence-corrected chi connectivity index (χ0v) is 11.4. The SMILES string of the molecule is O=c1[nH]cnc2c1ncn2C1CC(CO)C(CO)CC1O. The van der Waals surface area contributed by atoms with Crippen molar-refractivity contribution in [2.75, 3.05) is 13.2 Å². The van der Waals surface area contributed by atoms with Crippen molar-refractivity contribution < 1.29 is 15.3 Å². The quantitative estimate of drug-likeness (QED) is 0.577. The molecule has 0 spiro atoms. The van der Waals surface area contributed by atoms with Crippen LogP contribution in [0.2, 0.25) is 0 Å². The molecule has 2 aromatic rings. The molecule has 0 saturated heterocycles. The molecule has 1 aliphatic carbocycles. The normalized spacial score (nSPS) is 29.9. The molecule has 1 saturated carbocycles. The number of nitrogens with zero attached hydrogens (tertiary/aromatic N) is 3. The molecule has 4 N–H and O–H groups in total. The number of nitrogens with one attached hydrogen (secondary N) is 1. The molecular formula is C13H18N4O4. The molecule has 1 fully saturated rings. The van der Waals surface area contributed by atoms with Crippen LogP contribution in [0.15, 0.2) is 17.4 Å². The zero-order valence-electron chi connectivity index (χ0n) is 11.4. The number of H-pyrrole nitrogens is 1. The average molecular weight is 294 g/mol. The van der Waals surface area contributed by atoms with E-state index in [1.54, 1.807) is 4.57 Å². The highest BCUT2D eigenvalue weighted by atomic mass is 16.3. The molecule has 4 atom stereocenters. The highest BCUT2D eigenvalue weighted by Gasteiger charge is 2.37. The van der Waals surface area contributed by atoms with E-state index in [2.05, 4.69) is 15.0 Å². The van der Waals surface area contributed by atoms with Gasteiger partial charge in [-0.05, 0) is 24.7 Å². The molecule has 0 amide bonds. The fourth-order valence-electron chi connectivity index (χ4n) is 3.17. The van der Waals surface area contributed by atoms with Gasteiger partial charge < -0.3 is 24.9 Å². The van der Waals surface area contributed by atoms with Crippen LogP contribution in [0.1, 0.15) is 18.9 Å². The van der Waals surface area contributed by atoms with Crippen LogP contribution in [-0.2, 0) is 0 Å². The third-order valence-corrected chi connectivity index (χ3v) is 4.39. The zero-order chi connectivity index (χ0) is 15.0. The van der Waals surface area contributed by atoms with E-state index in [4.69, 9.17) is 0 Å². The molecule has 21 heavy (non-hydrogen) atoms. The maximum absolute atomic E-state index is 11.7. The van der Waals surface area contributed by atoms with Gasteiger partial charge in [0.25, 0.3) is 5.56 Å². The number of aliphatic hydroxyl groups is 3. The highest BCUT2D eigenvalue weighted by molar-refractivity contribution is 5.68. The van der Waals surface area contributed by atoms with E-state index < -0.39 is 6.10 Å². The summed E-state index contributed by atoms with van der Waals surface area (Å²) < 4.78 is 1.69. The summed E-state index contributed by atoms with van der Waals surface area (Å²) in [5, 5.41) is 29.1. The fraction of sp³-hybridized carbons (Fsp3) is 0.615. The van der Waals surface area contributed by atoms with Crippen LogP contribution in [0.3, 0.4) is 0 Å². The summed E-state index contributed by atoms with van der Waals surface area (Å²) in [4.78, 5) is 22.3. The maximum atomic E-state index is 11.7. The van der Waals surface area contributed by atoms with Crippen molar-refractivity contribution in [1.29, 1.82) is 0 Å². The van der Waals surface area contributed by atoms with Crippen LogP contribution in [-0.4, -0.2) is 54.2 Å².